The van der Waals surface area contributed by atoms with Crippen molar-refractivity contribution in [2.45, 2.75) is 27.2 Å². The van der Waals surface area contributed by atoms with Gasteiger partial charge in [0.2, 0.25) is 0 Å². The molecule has 0 saturated carbocycles. The van der Waals surface area contributed by atoms with E-state index in [1.165, 1.54) is 29.3 Å². The third kappa shape index (κ3) is 3.30. The van der Waals surface area contributed by atoms with Gasteiger partial charge in [-0.15, -0.1) is 0 Å². The molecule has 0 radical (unpaired) electrons. The molecule has 0 amide bonds. The molecule has 90 valence electrons. The average molecular weight is 244 g/mol. The summed E-state index contributed by atoms with van der Waals surface area (Å²) in [5.41, 5.74) is 4.33. The average Bonchev–Trinajstić information content (AvgIpc) is 2.74. The zero-order valence-electron chi connectivity index (χ0n) is 11.0. The molecule has 2 rings (SSSR count). The first kappa shape index (κ1) is 12.6. The van der Waals surface area contributed by atoms with E-state index in [1.807, 2.05) is 0 Å². The van der Waals surface area contributed by atoms with Crippen LogP contribution in [0.15, 0.2) is 36.4 Å². The lowest BCUT2D eigenvalue weighted by atomic mass is 10.1. The van der Waals surface area contributed by atoms with Gasteiger partial charge in [-0.1, -0.05) is 50.6 Å². The van der Waals surface area contributed by atoms with E-state index in [0.29, 0.717) is 5.92 Å². The molecule has 0 aromatic heterocycles. The molecule has 1 aromatic carbocycles. The highest BCUT2D eigenvalue weighted by Gasteiger charge is 2.06. The standard InChI is InChI=1S/C16H21P/c1-12-10-13(2)16(14(3)11-12)17-9-8-15-6-4-5-7-15/h4-7,10-11,15,17H,8-9H2,1-3H3. The van der Waals surface area contributed by atoms with Gasteiger partial charge in [-0.2, -0.15) is 0 Å². The van der Waals surface area contributed by atoms with E-state index in [4.69, 9.17) is 0 Å². The third-order valence-electron chi connectivity index (χ3n) is 3.28. The predicted octanol–water partition coefficient (Wildman–Crippen LogP) is 4.05. The molecule has 1 aliphatic rings. The predicted molar refractivity (Wildman–Crippen MR) is 79.9 cm³/mol. The molecule has 0 spiro atoms. The van der Waals surface area contributed by atoms with Gasteiger partial charge >= 0.3 is 0 Å². The van der Waals surface area contributed by atoms with Gasteiger partial charge in [0.05, 0.1) is 0 Å². The summed E-state index contributed by atoms with van der Waals surface area (Å²) in [5.74, 6) is 0.688. The van der Waals surface area contributed by atoms with Crippen LogP contribution in [0.5, 0.6) is 0 Å². The summed E-state index contributed by atoms with van der Waals surface area (Å²) < 4.78 is 0. The number of benzene rings is 1. The van der Waals surface area contributed by atoms with Gasteiger partial charge in [-0.05, 0) is 55.7 Å². The first-order valence-electron chi connectivity index (χ1n) is 6.33. The number of hydrogen-bond donors (Lipinski definition) is 0. The Bertz CT molecular complexity index is 420. The van der Waals surface area contributed by atoms with Crippen molar-refractivity contribution in [3.8, 4) is 0 Å². The molecule has 0 N–H and O–H groups in total. The molecule has 1 aromatic rings. The Morgan fingerprint density at radius 1 is 1.00 bits per heavy atom. The summed E-state index contributed by atoms with van der Waals surface area (Å²) in [7, 11) is 0.957. The molecule has 1 atom stereocenters. The van der Waals surface area contributed by atoms with Crippen LogP contribution >= 0.6 is 8.58 Å². The van der Waals surface area contributed by atoms with Gasteiger partial charge in [0.15, 0.2) is 0 Å². The fourth-order valence-electron chi connectivity index (χ4n) is 2.49. The summed E-state index contributed by atoms with van der Waals surface area (Å²) in [6.07, 6.45) is 11.5. The largest absolute Gasteiger partial charge is 0.0898 e. The third-order valence-corrected chi connectivity index (χ3v) is 4.97. The number of aryl methyl sites for hydroxylation is 3. The summed E-state index contributed by atoms with van der Waals surface area (Å²) in [4.78, 5) is 0. The highest BCUT2D eigenvalue weighted by molar-refractivity contribution is 7.47. The van der Waals surface area contributed by atoms with Crippen molar-refractivity contribution in [3.05, 3.63) is 53.1 Å². The molecule has 0 fully saturated rings. The molecule has 1 aliphatic carbocycles. The van der Waals surface area contributed by atoms with Crippen molar-refractivity contribution in [1.29, 1.82) is 0 Å². The highest BCUT2D eigenvalue weighted by atomic mass is 31.1. The van der Waals surface area contributed by atoms with Crippen LogP contribution in [0.2, 0.25) is 0 Å². The lowest BCUT2D eigenvalue weighted by Crippen LogP contribution is -2.07. The summed E-state index contributed by atoms with van der Waals surface area (Å²) in [5, 5.41) is 1.58. The molecule has 1 unspecified atom stereocenters. The fourth-order valence-corrected chi connectivity index (χ4v) is 3.92. The van der Waals surface area contributed by atoms with E-state index in [-0.39, 0.29) is 0 Å². The zero-order chi connectivity index (χ0) is 12.3. The fraction of sp³-hybridized carbons (Fsp3) is 0.375. The van der Waals surface area contributed by atoms with Gasteiger partial charge in [0.25, 0.3) is 0 Å². The molecule has 17 heavy (non-hydrogen) atoms. The van der Waals surface area contributed by atoms with Gasteiger partial charge in [0.1, 0.15) is 0 Å². The quantitative estimate of drug-likeness (QED) is 0.701. The van der Waals surface area contributed by atoms with E-state index >= 15 is 0 Å². The Kier molecular flexibility index (Phi) is 4.18. The van der Waals surface area contributed by atoms with Crippen molar-refractivity contribution in [2.24, 2.45) is 5.92 Å². The molecule has 0 heterocycles. The second-order valence-electron chi connectivity index (χ2n) is 4.92. The zero-order valence-corrected chi connectivity index (χ0v) is 12.0. The van der Waals surface area contributed by atoms with Crippen LogP contribution in [-0.4, -0.2) is 6.16 Å². The molecule has 0 saturated heterocycles. The maximum atomic E-state index is 2.31. The molecule has 0 bridgehead atoms. The van der Waals surface area contributed by atoms with E-state index in [0.717, 1.165) is 8.58 Å². The van der Waals surface area contributed by atoms with Crippen LogP contribution in [0.3, 0.4) is 0 Å². The Balaban J connectivity index is 1.94. The molecule has 0 nitrogen and oxygen atoms in total. The Labute approximate surface area is 107 Å². The number of hydrogen-bond acceptors (Lipinski definition) is 0. The van der Waals surface area contributed by atoms with Gasteiger partial charge < -0.3 is 0 Å². The smallest absolute Gasteiger partial charge is 0.00439 e. The lowest BCUT2D eigenvalue weighted by Gasteiger charge is -2.12. The minimum atomic E-state index is 0.688. The second-order valence-corrected chi connectivity index (χ2v) is 6.28. The maximum Gasteiger partial charge on any atom is -0.00439 e. The lowest BCUT2D eigenvalue weighted by molar-refractivity contribution is 0.793. The molecule has 0 aliphatic heterocycles. The van der Waals surface area contributed by atoms with Crippen LogP contribution in [0, 0.1) is 26.7 Å². The number of allylic oxidation sites excluding steroid dienone is 4. The Morgan fingerprint density at radius 3 is 2.18 bits per heavy atom. The maximum absolute atomic E-state index is 2.31. The van der Waals surface area contributed by atoms with Gasteiger partial charge in [-0.3, -0.25) is 0 Å². The van der Waals surface area contributed by atoms with Crippen LogP contribution in [-0.2, 0) is 0 Å². The topological polar surface area (TPSA) is 0 Å². The van der Waals surface area contributed by atoms with Gasteiger partial charge in [0, 0.05) is 0 Å². The minimum Gasteiger partial charge on any atom is -0.0898 e. The van der Waals surface area contributed by atoms with Gasteiger partial charge in [-0.25, -0.2) is 0 Å². The molecular formula is C16H21P. The SMILES string of the molecule is Cc1cc(C)c(PCCC2C=CC=C2)c(C)c1. The van der Waals surface area contributed by atoms with E-state index in [1.54, 1.807) is 5.30 Å². The summed E-state index contributed by atoms with van der Waals surface area (Å²) in [6.45, 7) is 6.68. The summed E-state index contributed by atoms with van der Waals surface area (Å²) >= 11 is 0. The molecule has 1 heteroatoms. The van der Waals surface area contributed by atoms with Crippen molar-refractivity contribution in [2.75, 3.05) is 6.16 Å². The van der Waals surface area contributed by atoms with Crippen LogP contribution in [0.4, 0.5) is 0 Å². The van der Waals surface area contributed by atoms with Crippen molar-refractivity contribution in [3.63, 3.8) is 0 Å². The first-order valence-corrected chi connectivity index (χ1v) is 7.54. The minimum absolute atomic E-state index is 0.688. The van der Waals surface area contributed by atoms with Crippen LogP contribution in [0.1, 0.15) is 23.1 Å². The van der Waals surface area contributed by atoms with Crippen molar-refractivity contribution < 1.29 is 0 Å². The first-order chi connectivity index (χ1) is 8.16. The van der Waals surface area contributed by atoms with Crippen LogP contribution in [0.25, 0.3) is 0 Å². The van der Waals surface area contributed by atoms with Crippen LogP contribution < -0.4 is 5.30 Å². The van der Waals surface area contributed by atoms with Crippen molar-refractivity contribution >= 4 is 13.9 Å². The van der Waals surface area contributed by atoms with E-state index < -0.39 is 0 Å². The van der Waals surface area contributed by atoms with E-state index in [9.17, 15) is 0 Å². The van der Waals surface area contributed by atoms with E-state index in [2.05, 4.69) is 57.2 Å². The Morgan fingerprint density at radius 2 is 1.59 bits per heavy atom. The Hall–Kier alpha value is -0.870. The monoisotopic (exact) mass is 244 g/mol. The summed E-state index contributed by atoms with van der Waals surface area (Å²) in [6, 6.07) is 4.62. The normalized spacial score (nSPS) is 15.5. The molecular weight excluding hydrogens is 223 g/mol. The highest BCUT2D eigenvalue weighted by Crippen LogP contribution is 2.23. The number of rotatable bonds is 4. The second kappa shape index (κ2) is 5.65. The van der Waals surface area contributed by atoms with Crippen molar-refractivity contribution in [1.82, 2.24) is 0 Å².